The molecule has 0 atom stereocenters. The molecule has 156 valence electrons. The molecule has 0 aliphatic carbocycles. The smallest absolute Gasteiger partial charge is 0.321 e. The highest BCUT2D eigenvalue weighted by Gasteiger charge is 2.24. The van der Waals surface area contributed by atoms with Crippen molar-refractivity contribution in [3.8, 4) is 9.88 Å². The molecule has 2 aromatic heterocycles. The SMILES string of the molecule is O=C(Nc1cccc(Cl)c1)N1CCCN(C(=O)c2csc(-c3ccc(Cl)s3)n2)CC1. The second-order valence-corrected chi connectivity index (χ2v) is 9.72. The van der Waals surface area contributed by atoms with Gasteiger partial charge in [0.2, 0.25) is 0 Å². The van der Waals surface area contributed by atoms with Crippen molar-refractivity contribution in [2.75, 3.05) is 31.5 Å². The number of carbonyl (C=O) groups is 2. The molecule has 4 rings (SSSR count). The maximum Gasteiger partial charge on any atom is 0.321 e. The number of rotatable bonds is 3. The minimum atomic E-state index is -0.197. The van der Waals surface area contributed by atoms with Crippen molar-refractivity contribution in [2.24, 2.45) is 0 Å². The van der Waals surface area contributed by atoms with E-state index in [9.17, 15) is 9.59 Å². The number of amides is 3. The lowest BCUT2D eigenvalue weighted by atomic mass is 10.3. The van der Waals surface area contributed by atoms with Crippen LogP contribution in [0.25, 0.3) is 9.88 Å². The van der Waals surface area contributed by atoms with Gasteiger partial charge in [0, 0.05) is 42.3 Å². The van der Waals surface area contributed by atoms with Gasteiger partial charge in [-0.1, -0.05) is 29.3 Å². The number of urea groups is 1. The standard InChI is InChI=1S/C20H18Cl2N4O2S2/c21-13-3-1-4-14(11-13)23-20(28)26-8-2-7-25(9-10-26)19(27)15-12-29-18(24-15)16-5-6-17(22)30-16/h1,3-6,11-12H,2,7-10H2,(H,23,28). The predicted octanol–water partition coefficient (Wildman–Crippen LogP) is 5.56. The summed E-state index contributed by atoms with van der Waals surface area (Å²) in [7, 11) is 0. The molecule has 1 aliphatic heterocycles. The van der Waals surface area contributed by atoms with Crippen molar-refractivity contribution >= 4 is 63.5 Å². The fourth-order valence-electron chi connectivity index (χ4n) is 3.17. The van der Waals surface area contributed by atoms with Gasteiger partial charge in [0.1, 0.15) is 10.7 Å². The second-order valence-electron chi connectivity index (χ2n) is 6.71. The second kappa shape index (κ2) is 9.34. The molecule has 1 N–H and O–H groups in total. The van der Waals surface area contributed by atoms with E-state index in [0.29, 0.717) is 53.3 Å². The van der Waals surface area contributed by atoms with E-state index >= 15 is 0 Å². The minimum absolute atomic E-state index is 0.114. The number of hydrogen-bond acceptors (Lipinski definition) is 5. The largest absolute Gasteiger partial charge is 0.335 e. The Morgan fingerprint density at radius 3 is 2.60 bits per heavy atom. The molecule has 1 aromatic carbocycles. The van der Waals surface area contributed by atoms with Crippen molar-refractivity contribution in [1.29, 1.82) is 0 Å². The van der Waals surface area contributed by atoms with E-state index in [4.69, 9.17) is 23.2 Å². The van der Waals surface area contributed by atoms with E-state index < -0.39 is 0 Å². The third-order valence-electron chi connectivity index (χ3n) is 4.65. The summed E-state index contributed by atoms with van der Waals surface area (Å²) in [4.78, 5) is 34.4. The average molecular weight is 481 g/mol. The molecule has 3 amide bonds. The van der Waals surface area contributed by atoms with Gasteiger partial charge in [-0.05, 0) is 36.8 Å². The predicted molar refractivity (Wildman–Crippen MR) is 123 cm³/mol. The van der Waals surface area contributed by atoms with Crippen LogP contribution in [0, 0.1) is 0 Å². The van der Waals surface area contributed by atoms with E-state index in [-0.39, 0.29) is 11.9 Å². The van der Waals surface area contributed by atoms with Gasteiger partial charge in [0.05, 0.1) is 9.21 Å². The highest BCUT2D eigenvalue weighted by Crippen LogP contribution is 2.33. The zero-order chi connectivity index (χ0) is 21.1. The zero-order valence-corrected chi connectivity index (χ0v) is 19.0. The lowest BCUT2D eigenvalue weighted by Gasteiger charge is -2.22. The monoisotopic (exact) mass is 480 g/mol. The maximum absolute atomic E-state index is 12.9. The number of thiazole rings is 1. The molecule has 0 spiro atoms. The Morgan fingerprint density at radius 1 is 1.03 bits per heavy atom. The molecule has 1 fully saturated rings. The number of thiophene rings is 1. The molecule has 1 aliphatic rings. The van der Waals surface area contributed by atoms with Crippen LogP contribution in [0.5, 0.6) is 0 Å². The number of hydrogen-bond donors (Lipinski definition) is 1. The Bertz CT molecular complexity index is 1070. The zero-order valence-electron chi connectivity index (χ0n) is 15.8. The van der Waals surface area contributed by atoms with Crippen molar-refractivity contribution in [3.05, 3.63) is 56.8 Å². The van der Waals surface area contributed by atoms with Crippen LogP contribution >= 0.6 is 45.9 Å². The van der Waals surface area contributed by atoms with E-state index in [0.717, 1.165) is 9.88 Å². The number of carbonyl (C=O) groups excluding carboxylic acids is 2. The molecular weight excluding hydrogens is 463 g/mol. The topological polar surface area (TPSA) is 65.5 Å². The molecule has 3 aromatic rings. The van der Waals surface area contributed by atoms with Crippen LogP contribution in [0.1, 0.15) is 16.9 Å². The van der Waals surface area contributed by atoms with Crippen molar-refractivity contribution in [1.82, 2.24) is 14.8 Å². The van der Waals surface area contributed by atoms with Gasteiger partial charge in [-0.15, -0.1) is 22.7 Å². The molecule has 6 nitrogen and oxygen atoms in total. The van der Waals surface area contributed by atoms with Crippen LogP contribution in [0.4, 0.5) is 10.5 Å². The van der Waals surface area contributed by atoms with E-state index in [1.165, 1.54) is 22.7 Å². The van der Waals surface area contributed by atoms with Gasteiger partial charge in [0.25, 0.3) is 5.91 Å². The van der Waals surface area contributed by atoms with Crippen LogP contribution < -0.4 is 5.32 Å². The van der Waals surface area contributed by atoms with E-state index in [1.807, 2.05) is 12.1 Å². The van der Waals surface area contributed by atoms with Gasteiger partial charge in [-0.2, -0.15) is 0 Å². The molecule has 0 bridgehead atoms. The molecule has 0 radical (unpaired) electrons. The summed E-state index contributed by atoms with van der Waals surface area (Å²) in [5, 5.41) is 5.98. The number of nitrogens with one attached hydrogen (secondary N) is 1. The summed E-state index contributed by atoms with van der Waals surface area (Å²) in [5.41, 5.74) is 1.07. The van der Waals surface area contributed by atoms with Gasteiger partial charge in [-0.3, -0.25) is 4.79 Å². The lowest BCUT2D eigenvalue weighted by molar-refractivity contribution is 0.0757. The first-order valence-corrected chi connectivity index (χ1v) is 11.8. The van der Waals surface area contributed by atoms with Crippen LogP contribution in [-0.2, 0) is 0 Å². The van der Waals surface area contributed by atoms with Crippen LogP contribution in [-0.4, -0.2) is 52.9 Å². The molecule has 0 saturated carbocycles. The Kier molecular flexibility index (Phi) is 6.58. The Hall–Kier alpha value is -2.13. The fraction of sp³-hybridized carbons (Fsp3) is 0.250. The third kappa shape index (κ3) is 4.95. The minimum Gasteiger partial charge on any atom is -0.335 e. The maximum atomic E-state index is 12.9. The fourth-order valence-corrected chi connectivity index (χ4v) is 5.27. The number of benzene rings is 1. The van der Waals surface area contributed by atoms with Gasteiger partial charge < -0.3 is 15.1 Å². The van der Waals surface area contributed by atoms with Gasteiger partial charge in [-0.25, -0.2) is 9.78 Å². The van der Waals surface area contributed by atoms with Gasteiger partial charge in [0.15, 0.2) is 0 Å². The quantitative estimate of drug-likeness (QED) is 0.533. The molecule has 3 heterocycles. The number of anilines is 1. The first-order chi connectivity index (χ1) is 14.5. The lowest BCUT2D eigenvalue weighted by Crippen LogP contribution is -2.39. The van der Waals surface area contributed by atoms with Crippen LogP contribution in [0.3, 0.4) is 0 Å². The molecule has 30 heavy (non-hydrogen) atoms. The highest BCUT2D eigenvalue weighted by molar-refractivity contribution is 7.23. The number of aromatic nitrogens is 1. The molecule has 10 heteroatoms. The summed E-state index contributed by atoms with van der Waals surface area (Å²) in [6, 6.07) is 10.6. The first kappa shape index (κ1) is 21.1. The number of halogens is 2. The van der Waals surface area contributed by atoms with Crippen LogP contribution in [0.15, 0.2) is 41.8 Å². The Morgan fingerprint density at radius 2 is 1.83 bits per heavy atom. The van der Waals surface area contributed by atoms with Crippen molar-refractivity contribution in [3.63, 3.8) is 0 Å². The summed E-state index contributed by atoms with van der Waals surface area (Å²) < 4.78 is 0.691. The summed E-state index contributed by atoms with van der Waals surface area (Å²) in [6.45, 7) is 2.07. The van der Waals surface area contributed by atoms with Gasteiger partial charge >= 0.3 is 6.03 Å². The average Bonchev–Trinajstić information content (AvgIpc) is 3.30. The van der Waals surface area contributed by atoms with Crippen LogP contribution in [0.2, 0.25) is 9.36 Å². The highest BCUT2D eigenvalue weighted by atomic mass is 35.5. The van der Waals surface area contributed by atoms with Crippen molar-refractivity contribution in [2.45, 2.75) is 6.42 Å². The molecular formula is C20H18Cl2N4O2S2. The van der Waals surface area contributed by atoms with Crippen molar-refractivity contribution < 1.29 is 9.59 Å². The summed E-state index contributed by atoms with van der Waals surface area (Å²) >= 11 is 14.8. The molecule has 0 unspecified atom stereocenters. The van der Waals surface area contributed by atoms with E-state index in [2.05, 4.69) is 10.3 Å². The molecule has 1 saturated heterocycles. The third-order valence-corrected chi connectivity index (χ3v) is 7.13. The normalized spacial score (nSPS) is 14.5. The summed E-state index contributed by atoms with van der Waals surface area (Å²) in [5.74, 6) is -0.114. The van der Waals surface area contributed by atoms with E-state index in [1.54, 1.807) is 39.4 Å². The number of nitrogens with zero attached hydrogens (tertiary/aromatic N) is 3. The Labute approximate surface area is 192 Å². The Balaban J connectivity index is 1.37. The summed E-state index contributed by atoms with van der Waals surface area (Å²) in [6.07, 6.45) is 0.701. The first-order valence-electron chi connectivity index (χ1n) is 9.31.